The van der Waals surface area contributed by atoms with Gasteiger partial charge in [0.15, 0.2) is 0 Å². The lowest BCUT2D eigenvalue weighted by atomic mass is 10.2. The second-order valence-electron chi connectivity index (χ2n) is 6.14. The highest BCUT2D eigenvalue weighted by atomic mass is 79.9. The molecule has 25 heavy (non-hydrogen) atoms. The molecule has 0 unspecified atom stereocenters. The highest BCUT2D eigenvalue weighted by molar-refractivity contribution is 9.10. The highest BCUT2D eigenvalue weighted by Crippen LogP contribution is 2.33. The summed E-state index contributed by atoms with van der Waals surface area (Å²) in [6.07, 6.45) is 2.16. The van der Waals surface area contributed by atoms with Crippen LogP contribution in [0.3, 0.4) is 0 Å². The van der Waals surface area contributed by atoms with Gasteiger partial charge in [-0.2, -0.15) is 0 Å². The summed E-state index contributed by atoms with van der Waals surface area (Å²) >= 11 is 3.47. The molecule has 0 spiro atoms. The second-order valence-corrected chi connectivity index (χ2v) is 6.93. The van der Waals surface area contributed by atoms with Gasteiger partial charge in [-0.25, -0.2) is 4.39 Å². The SMILES string of the molecule is O=C(Nc1c(F)cccc1N1CCCC1)c1[nH]c2ccccc2c1Br. The lowest BCUT2D eigenvalue weighted by Crippen LogP contribution is -2.22. The first-order chi connectivity index (χ1) is 12.1. The molecule has 4 rings (SSSR count). The third kappa shape index (κ3) is 2.91. The van der Waals surface area contributed by atoms with Gasteiger partial charge in [0.2, 0.25) is 0 Å². The number of rotatable bonds is 3. The summed E-state index contributed by atoms with van der Waals surface area (Å²) in [5.41, 5.74) is 2.21. The van der Waals surface area contributed by atoms with Crippen LogP contribution in [0, 0.1) is 5.82 Å². The number of halogens is 2. The molecule has 0 radical (unpaired) electrons. The number of aromatic nitrogens is 1. The number of para-hydroxylation sites is 2. The zero-order valence-electron chi connectivity index (χ0n) is 13.5. The van der Waals surface area contributed by atoms with Crippen LogP contribution in [-0.2, 0) is 0 Å². The number of amides is 1. The Hall–Kier alpha value is -2.34. The Kier molecular flexibility index (Phi) is 4.21. The molecule has 4 nitrogen and oxygen atoms in total. The highest BCUT2D eigenvalue weighted by Gasteiger charge is 2.22. The van der Waals surface area contributed by atoms with Crippen LogP contribution in [0.15, 0.2) is 46.9 Å². The van der Waals surface area contributed by atoms with Crippen molar-refractivity contribution in [1.29, 1.82) is 0 Å². The van der Waals surface area contributed by atoms with Gasteiger partial charge in [0, 0.05) is 24.0 Å². The molecule has 1 aromatic heterocycles. The van der Waals surface area contributed by atoms with E-state index in [2.05, 4.69) is 31.1 Å². The van der Waals surface area contributed by atoms with Crippen molar-refractivity contribution in [1.82, 2.24) is 4.98 Å². The number of carbonyl (C=O) groups excluding carboxylic acids is 1. The van der Waals surface area contributed by atoms with Gasteiger partial charge < -0.3 is 15.2 Å². The van der Waals surface area contributed by atoms with E-state index in [9.17, 15) is 9.18 Å². The largest absolute Gasteiger partial charge is 0.370 e. The molecule has 128 valence electrons. The molecule has 0 bridgehead atoms. The average molecular weight is 402 g/mol. The molecule has 2 N–H and O–H groups in total. The number of hydrogen-bond donors (Lipinski definition) is 2. The predicted molar refractivity (Wildman–Crippen MR) is 102 cm³/mol. The number of benzene rings is 2. The molecule has 1 saturated heterocycles. The lowest BCUT2D eigenvalue weighted by Gasteiger charge is -2.21. The zero-order valence-corrected chi connectivity index (χ0v) is 15.1. The van der Waals surface area contributed by atoms with Crippen LogP contribution in [0.1, 0.15) is 23.3 Å². The van der Waals surface area contributed by atoms with Crippen LogP contribution in [0.5, 0.6) is 0 Å². The maximum Gasteiger partial charge on any atom is 0.273 e. The van der Waals surface area contributed by atoms with E-state index < -0.39 is 5.82 Å². The molecule has 0 atom stereocenters. The Bertz CT molecular complexity index is 947. The van der Waals surface area contributed by atoms with Crippen molar-refractivity contribution in [3.05, 3.63) is 58.4 Å². The van der Waals surface area contributed by atoms with Crippen molar-refractivity contribution >= 4 is 44.1 Å². The Labute approximate surface area is 153 Å². The fourth-order valence-corrected chi connectivity index (χ4v) is 3.92. The minimum Gasteiger partial charge on any atom is -0.370 e. The molecule has 1 amide bonds. The first kappa shape index (κ1) is 16.1. The van der Waals surface area contributed by atoms with Gasteiger partial charge in [0.05, 0.1) is 10.2 Å². The Morgan fingerprint density at radius 2 is 1.88 bits per heavy atom. The van der Waals surface area contributed by atoms with Crippen molar-refractivity contribution in [2.24, 2.45) is 0 Å². The predicted octanol–water partition coefficient (Wildman–Crippen LogP) is 4.92. The summed E-state index contributed by atoms with van der Waals surface area (Å²) < 4.78 is 15.1. The molecule has 1 aliphatic rings. The van der Waals surface area contributed by atoms with E-state index in [4.69, 9.17) is 0 Å². The maximum absolute atomic E-state index is 14.4. The second kappa shape index (κ2) is 6.52. The van der Waals surface area contributed by atoms with Crippen LogP contribution in [0.2, 0.25) is 0 Å². The van der Waals surface area contributed by atoms with Crippen LogP contribution in [-0.4, -0.2) is 24.0 Å². The average Bonchev–Trinajstić information content (AvgIpc) is 3.25. The van der Waals surface area contributed by atoms with Gasteiger partial charge in [-0.05, 0) is 47.0 Å². The van der Waals surface area contributed by atoms with Gasteiger partial charge in [0.1, 0.15) is 17.2 Å². The number of fused-ring (bicyclic) bond motifs is 1. The van der Waals surface area contributed by atoms with Crippen LogP contribution >= 0.6 is 15.9 Å². The summed E-state index contributed by atoms with van der Waals surface area (Å²) in [7, 11) is 0. The lowest BCUT2D eigenvalue weighted by molar-refractivity contribution is 0.102. The molecule has 3 aromatic rings. The molecule has 2 aromatic carbocycles. The van der Waals surface area contributed by atoms with Crippen LogP contribution in [0.25, 0.3) is 10.9 Å². The maximum atomic E-state index is 14.4. The third-order valence-corrected chi connectivity index (χ3v) is 5.37. The van der Waals surface area contributed by atoms with Crippen LogP contribution in [0.4, 0.5) is 15.8 Å². The molecule has 0 saturated carbocycles. The molecular formula is C19H17BrFN3O. The van der Waals surface area contributed by atoms with Crippen LogP contribution < -0.4 is 10.2 Å². The quantitative estimate of drug-likeness (QED) is 0.653. The van der Waals surface area contributed by atoms with E-state index in [-0.39, 0.29) is 11.6 Å². The minimum absolute atomic E-state index is 0.236. The third-order valence-electron chi connectivity index (χ3n) is 4.55. The Morgan fingerprint density at radius 1 is 1.12 bits per heavy atom. The van der Waals surface area contributed by atoms with E-state index in [1.807, 2.05) is 30.3 Å². The monoisotopic (exact) mass is 401 g/mol. The summed E-state index contributed by atoms with van der Waals surface area (Å²) in [4.78, 5) is 18.0. The van der Waals surface area contributed by atoms with E-state index >= 15 is 0 Å². The van der Waals surface area contributed by atoms with Crippen molar-refractivity contribution in [2.75, 3.05) is 23.3 Å². The summed E-state index contributed by atoms with van der Waals surface area (Å²) in [5.74, 6) is -0.793. The standard InChI is InChI=1S/C19H17BrFN3O/c20-16-12-6-1-2-8-14(12)22-18(16)19(25)23-17-13(21)7-5-9-15(17)24-10-3-4-11-24/h1-2,5-9,22H,3-4,10-11H2,(H,23,25). The number of nitrogens with zero attached hydrogens (tertiary/aromatic N) is 1. The summed E-state index contributed by atoms with van der Waals surface area (Å²) in [5, 5.41) is 3.67. The normalized spacial score (nSPS) is 14.2. The van der Waals surface area contributed by atoms with Gasteiger partial charge >= 0.3 is 0 Å². The first-order valence-corrected chi connectivity index (χ1v) is 9.05. The fourth-order valence-electron chi connectivity index (χ4n) is 3.30. The number of carbonyl (C=O) groups is 1. The fraction of sp³-hybridized carbons (Fsp3) is 0.211. The molecule has 0 aliphatic carbocycles. The molecule has 1 aliphatic heterocycles. The summed E-state index contributed by atoms with van der Waals surface area (Å²) in [6.45, 7) is 1.75. The van der Waals surface area contributed by atoms with Crippen molar-refractivity contribution in [3.63, 3.8) is 0 Å². The van der Waals surface area contributed by atoms with Crippen molar-refractivity contribution in [3.8, 4) is 0 Å². The molecule has 6 heteroatoms. The smallest absolute Gasteiger partial charge is 0.273 e. The molecular weight excluding hydrogens is 385 g/mol. The Morgan fingerprint density at radius 3 is 2.64 bits per heavy atom. The van der Waals surface area contributed by atoms with Gasteiger partial charge in [-0.3, -0.25) is 4.79 Å². The van der Waals surface area contributed by atoms with Crippen molar-refractivity contribution < 1.29 is 9.18 Å². The Balaban J connectivity index is 1.69. The van der Waals surface area contributed by atoms with E-state index in [0.717, 1.165) is 42.5 Å². The number of nitrogens with one attached hydrogen (secondary N) is 2. The number of aromatic amines is 1. The van der Waals surface area contributed by atoms with Crippen molar-refractivity contribution in [2.45, 2.75) is 12.8 Å². The van der Waals surface area contributed by atoms with E-state index in [1.54, 1.807) is 6.07 Å². The number of H-pyrrole nitrogens is 1. The first-order valence-electron chi connectivity index (χ1n) is 8.26. The zero-order chi connectivity index (χ0) is 17.4. The van der Waals surface area contributed by atoms with Gasteiger partial charge in [0.25, 0.3) is 5.91 Å². The van der Waals surface area contributed by atoms with E-state index in [1.165, 1.54) is 6.07 Å². The van der Waals surface area contributed by atoms with Gasteiger partial charge in [-0.1, -0.05) is 24.3 Å². The molecule has 2 heterocycles. The molecule has 1 fully saturated rings. The number of hydrogen-bond acceptors (Lipinski definition) is 2. The number of anilines is 2. The minimum atomic E-state index is -0.426. The topological polar surface area (TPSA) is 48.1 Å². The van der Waals surface area contributed by atoms with Gasteiger partial charge in [-0.15, -0.1) is 0 Å². The summed E-state index contributed by atoms with van der Waals surface area (Å²) in [6, 6.07) is 12.5. The van der Waals surface area contributed by atoms with E-state index in [0.29, 0.717) is 10.2 Å².